The molecule has 2 aromatic carbocycles. The quantitative estimate of drug-likeness (QED) is 0.592. The fraction of sp³-hybridized carbons (Fsp3) is 0.227. The average molecular weight is 488 g/mol. The molecule has 1 aromatic heterocycles. The fourth-order valence-electron chi connectivity index (χ4n) is 3.63. The molecule has 0 saturated carbocycles. The molecule has 1 aliphatic heterocycles. The van der Waals surface area contributed by atoms with E-state index in [9.17, 15) is 18.0 Å². The molecule has 1 N–H and O–H groups in total. The number of piperazine rings is 1. The van der Waals surface area contributed by atoms with Crippen molar-refractivity contribution in [2.24, 2.45) is 0 Å². The molecular weight excluding hydrogens is 466 g/mol. The van der Waals surface area contributed by atoms with Crippen molar-refractivity contribution in [3.8, 4) is 5.69 Å². The van der Waals surface area contributed by atoms with Crippen LogP contribution in [0.1, 0.15) is 6.92 Å². The number of nitrogens with zero attached hydrogens (tertiary/aromatic N) is 4. The van der Waals surface area contributed by atoms with Crippen LogP contribution in [0, 0.1) is 0 Å². The minimum atomic E-state index is -3.69. The second-order valence-electron chi connectivity index (χ2n) is 7.49. The Balaban J connectivity index is 1.48. The molecule has 172 valence electrons. The van der Waals surface area contributed by atoms with Crippen LogP contribution in [0.25, 0.3) is 5.69 Å². The Morgan fingerprint density at radius 2 is 1.64 bits per heavy atom. The first kappa shape index (κ1) is 23.0. The number of hydrogen-bond acceptors (Lipinski definition) is 6. The number of benzene rings is 2. The van der Waals surface area contributed by atoms with E-state index in [-0.39, 0.29) is 28.9 Å². The van der Waals surface area contributed by atoms with E-state index in [1.165, 1.54) is 34.2 Å². The number of halogens is 1. The number of anilines is 2. The number of rotatable bonds is 5. The van der Waals surface area contributed by atoms with Gasteiger partial charge < -0.3 is 10.2 Å². The molecule has 3 aromatic rings. The molecule has 1 aliphatic rings. The van der Waals surface area contributed by atoms with Crippen molar-refractivity contribution in [3.63, 3.8) is 0 Å². The van der Waals surface area contributed by atoms with Crippen molar-refractivity contribution in [2.45, 2.75) is 11.8 Å². The molecule has 0 atom stereocenters. The minimum absolute atomic E-state index is 0.0405. The smallest absolute Gasteiger partial charge is 0.292 e. The predicted molar refractivity (Wildman–Crippen MR) is 127 cm³/mol. The van der Waals surface area contributed by atoms with Gasteiger partial charge >= 0.3 is 0 Å². The van der Waals surface area contributed by atoms with E-state index in [0.29, 0.717) is 30.2 Å². The SMILES string of the molecule is CC(=O)Nc1ccc(S(=O)(=O)N2CCN(c3cnn(-c4ccccc4)c(=O)c3Cl)CC2)cc1. The van der Waals surface area contributed by atoms with Crippen LogP contribution in [0.15, 0.2) is 70.5 Å². The molecule has 0 radical (unpaired) electrons. The van der Waals surface area contributed by atoms with E-state index in [0.717, 1.165) is 0 Å². The van der Waals surface area contributed by atoms with E-state index in [1.807, 2.05) is 11.0 Å². The van der Waals surface area contributed by atoms with Crippen molar-refractivity contribution in [1.29, 1.82) is 0 Å². The molecule has 1 amide bonds. The Hall–Kier alpha value is -3.21. The van der Waals surface area contributed by atoms with Gasteiger partial charge in [-0.15, -0.1) is 0 Å². The van der Waals surface area contributed by atoms with Crippen LogP contribution in [0.2, 0.25) is 5.02 Å². The largest absolute Gasteiger partial charge is 0.366 e. The molecule has 11 heteroatoms. The number of sulfonamides is 1. The first-order chi connectivity index (χ1) is 15.8. The molecule has 4 rings (SSSR count). The zero-order valence-corrected chi connectivity index (χ0v) is 19.4. The summed E-state index contributed by atoms with van der Waals surface area (Å²) in [5.41, 5.74) is 1.18. The molecule has 2 heterocycles. The minimum Gasteiger partial charge on any atom is -0.366 e. The highest BCUT2D eigenvalue weighted by atomic mass is 35.5. The van der Waals surface area contributed by atoms with Crippen LogP contribution in [0.5, 0.6) is 0 Å². The second kappa shape index (κ2) is 9.34. The maximum absolute atomic E-state index is 13.0. The Morgan fingerprint density at radius 3 is 2.24 bits per heavy atom. The lowest BCUT2D eigenvalue weighted by Crippen LogP contribution is -2.49. The molecule has 33 heavy (non-hydrogen) atoms. The zero-order valence-electron chi connectivity index (χ0n) is 17.8. The van der Waals surface area contributed by atoms with E-state index >= 15 is 0 Å². The van der Waals surface area contributed by atoms with E-state index in [4.69, 9.17) is 11.6 Å². The third-order valence-corrected chi connectivity index (χ3v) is 7.56. The predicted octanol–water partition coefficient (Wildman–Crippen LogP) is 2.36. The van der Waals surface area contributed by atoms with Gasteiger partial charge in [0.25, 0.3) is 5.56 Å². The molecule has 1 fully saturated rings. The highest BCUT2D eigenvalue weighted by Crippen LogP contribution is 2.25. The number of para-hydroxylation sites is 1. The number of aromatic nitrogens is 2. The summed E-state index contributed by atoms with van der Waals surface area (Å²) in [4.78, 5) is 25.9. The van der Waals surface area contributed by atoms with Crippen LogP contribution in [0.4, 0.5) is 11.4 Å². The van der Waals surface area contributed by atoms with Crippen LogP contribution in [0.3, 0.4) is 0 Å². The van der Waals surface area contributed by atoms with Gasteiger partial charge in [0.2, 0.25) is 15.9 Å². The van der Waals surface area contributed by atoms with Gasteiger partial charge in [0, 0.05) is 38.8 Å². The van der Waals surface area contributed by atoms with Gasteiger partial charge in [-0.05, 0) is 36.4 Å². The highest BCUT2D eigenvalue weighted by molar-refractivity contribution is 7.89. The first-order valence-electron chi connectivity index (χ1n) is 10.2. The Bertz CT molecular complexity index is 1320. The van der Waals surface area contributed by atoms with Crippen molar-refractivity contribution in [3.05, 3.63) is 76.2 Å². The highest BCUT2D eigenvalue weighted by Gasteiger charge is 2.29. The van der Waals surface area contributed by atoms with Gasteiger partial charge in [-0.1, -0.05) is 29.8 Å². The number of hydrogen-bond donors (Lipinski definition) is 1. The van der Waals surface area contributed by atoms with E-state index in [2.05, 4.69) is 10.4 Å². The topological polar surface area (TPSA) is 105 Å². The molecular formula is C22H22ClN5O4S. The summed E-state index contributed by atoms with van der Waals surface area (Å²) in [6.07, 6.45) is 1.53. The first-order valence-corrected chi connectivity index (χ1v) is 12.0. The molecule has 9 nitrogen and oxygen atoms in total. The number of nitrogens with one attached hydrogen (secondary N) is 1. The molecule has 1 saturated heterocycles. The van der Waals surface area contributed by atoms with Crippen molar-refractivity contribution >= 4 is 38.9 Å². The van der Waals surface area contributed by atoms with E-state index in [1.54, 1.807) is 36.4 Å². The normalized spacial score (nSPS) is 14.8. The maximum Gasteiger partial charge on any atom is 0.292 e. The summed E-state index contributed by atoms with van der Waals surface area (Å²) in [7, 11) is -3.69. The van der Waals surface area contributed by atoms with Gasteiger partial charge in [0.05, 0.1) is 22.5 Å². The summed E-state index contributed by atoms with van der Waals surface area (Å²) in [5, 5.41) is 6.90. The molecule has 0 unspecified atom stereocenters. The summed E-state index contributed by atoms with van der Waals surface area (Å²) in [6, 6.07) is 15.0. The second-order valence-corrected chi connectivity index (χ2v) is 9.81. The lowest BCUT2D eigenvalue weighted by molar-refractivity contribution is -0.114. The molecule has 0 spiro atoms. The monoisotopic (exact) mass is 487 g/mol. The summed E-state index contributed by atoms with van der Waals surface area (Å²) < 4.78 is 28.7. The van der Waals surface area contributed by atoms with Crippen LogP contribution < -0.4 is 15.8 Å². The van der Waals surface area contributed by atoms with Crippen molar-refractivity contribution in [1.82, 2.24) is 14.1 Å². The number of carbonyl (C=O) groups excluding carboxylic acids is 1. The Labute approximate surface area is 196 Å². The van der Waals surface area contributed by atoms with Crippen LogP contribution in [-0.4, -0.2) is 54.6 Å². The summed E-state index contributed by atoms with van der Waals surface area (Å²) in [6.45, 7) is 2.57. The number of carbonyl (C=O) groups is 1. The molecule has 0 bridgehead atoms. The maximum atomic E-state index is 13.0. The van der Waals surface area contributed by atoms with Gasteiger partial charge in [-0.25, -0.2) is 8.42 Å². The van der Waals surface area contributed by atoms with Gasteiger partial charge in [-0.3, -0.25) is 9.59 Å². The zero-order chi connectivity index (χ0) is 23.6. The lowest BCUT2D eigenvalue weighted by atomic mass is 10.3. The fourth-order valence-corrected chi connectivity index (χ4v) is 5.30. The third kappa shape index (κ3) is 4.77. The van der Waals surface area contributed by atoms with Crippen LogP contribution >= 0.6 is 11.6 Å². The van der Waals surface area contributed by atoms with Crippen molar-refractivity contribution < 1.29 is 13.2 Å². The summed E-state index contributed by atoms with van der Waals surface area (Å²) >= 11 is 6.38. The van der Waals surface area contributed by atoms with Crippen LogP contribution in [-0.2, 0) is 14.8 Å². The number of amides is 1. The lowest BCUT2D eigenvalue weighted by Gasteiger charge is -2.35. The average Bonchev–Trinajstić information content (AvgIpc) is 2.81. The van der Waals surface area contributed by atoms with Crippen molar-refractivity contribution in [2.75, 3.05) is 36.4 Å². The van der Waals surface area contributed by atoms with Gasteiger partial charge in [-0.2, -0.15) is 14.1 Å². The third-order valence-electron chi connectivity index (χ3n) is 5.29. The van der Waals surface area contributed by atoms with E-state index < -0.39 is 15.6 Å². The Kier molecular flexibility index (Phi) is 6.50. The van der Waals surface area contributed by atoms with Gasteiger partial charge in [0.1, 0.15) is 5.02 Å². The molecule has 0 aliphatic carbocycles. The summed E-state index contributed by atoms with van der Waals surface area (Å²) in [5.74, 6) is -0.230. The Morgan fingerprint density at radius 1 is 1.00 bits per heavy atom. The standard InChI is InChI=1S/C22H22ClN5O4S/c1-16(29)25-17-7-9-19(10-8-17)33(31,32)27-13-11-26(12-14-27)20-15-24-28(22(30)21(20)23)18-5-3-2-4-6-18/h2-10,15H,11-14H2,1H3,(H,25,29). The van der Waals surface area contributed by atoms with Gasteiger partial charge in [0.15, 0.2) is 0 Å².